The van der Waals surface area contributed by atoms with E-state index in [9.17, 15) is 28.8 Å². The van der Waals surface area contributed by atoms with E-state index in [-0.39, 0.29) is 35.5 Å². The van der Waals surface area contributed by atoms with Crippen molar-refractivity contribution in [2.75, 3.05) is 6.61 Å². The summed E-state index contributed by atoms with van der Waals surface area (Å²) >= 11 is 0. The summed E-state index contributed by atoms with van der Waals surface area (Å²) in [6.45, 7) is 3.11. The number of esters is 2. The maximum Gasteiger partial charge on any atom is 0.418 e. The van der Waals surface area contributed by atoms with Crippen molar-refractivity contribution in [2.45, 2.75) is 32.3 Å². The van der Waals surface area contributed by atoms with Crippen LogP contribution in [0.1, 0.15) is 47.4 Å². The monoisotopic (exact) mass is 464 g/mol. The van der Waals surface area contributed by atoms with Crippen LogP contribution in [0.4, 0.5) is 11.4 Å². The number of aliphatic imine (C=N–C) groups is 2. The SMILES string of the molecule is CCCOC(=O)C(=O)OC(CC)(C(=O)c1ccc(N=C=O)cc1)C(=O)c1ccc(N=C=O)cc1. The van der Waals surface area contributed by atoms with Gasteiger partial charge < -0.3 is 9.47 Å². The Hall–Kier alpha value is -4.52. The van der Waals surface area contributed by atoms with Gasteiger partial charge in [0, 0.05) is 11.1 Å². The van der Waals surface area contributed by atoms with E-state index in [4.69, 9.17) is 9.47 Å². The Bertz CT molecular complexity index is 1100. The smallest absolute Gasteiger partial charge is 0.418 e. The van der Waals surface area contributed by atoms with Gasteiger partial charge in [0.25, 0.3) is 0 Å². The Balaban J connectivity index is 2.54. The average molecular weight is 464 g/mol. The Labute approximate surface area is 194 Å². The zero-order valence-electron chi connectivity index (χ0n) is 18.4. The number of rotatable bonds is 10. The molecule has 0 aliphatic heterocycles. The van der Waals surface area contributed by atoms with Crippen LogP contribution in [0.25, 0.3) is 0 Å². The first kappa shape index (κ1) is 25.7. The molecule has 2 aromatic carbocycles. The summed E-state index contributed by atoms with van der Waals surface area (Å²) in [6.07, 6.45) is 2.87. The predicted molar refractivity (Wildman–Crippen MR) is 117 cm³/mol. The molecule has 0 aliphatic carbocycles. The molecule has 174 valence electrons. The van der Waals surface area contributed by atoms with Gasteiger partial charge in [0.05, 0.1) is 18.0 Å². The number of isocyanates is 2. The molecule has 10 heteroatoms. The van der Waals surface area contributed by atoms with E-state index in [2.05, 4.69) is 9.98 Å². The van der Waals surface area contributed by atoms with Gasteiger partial charge in [0.1, 0.15) is 0 Å². The quantitative estimate of drug-likeness (QED) is 0.130. The largest absolute Gasteiger partial charge is 0.457 e. The number of carbonyl (C=O) groups is 4. The Morgan fingerprint density at radius 1 is 0.765 bits per heavy atom. The van der Waals surface area contributed by atoms with Gasteiger partial charge in [-0.2, -0.15) is 9.98 Å². The van der Waals surface area contributed by atoms with E-state index >= 15 is 0 Å². The van der Waals surface area contributed by atoms with E-state index in [1.165, 1.54) is 67.6 Å². The van der Waals surface area contributed by atoms with Crippen molar-refractivity contribution in [2.24, 2.45) is 9.98 Å². The molecule has 0 amide bonds. The van der Waals surface area contributed by atoms with Crippen LogP contribution in [0.2, 0.25) is 0 Å². The molecule has 0 N–H and O–H groups in total. The Morgan fingerprint density at radius 3 is 1.56 bits per heavy atom. The molecule has 0 heterocycles. The molecule has 0 aliphatic rings. The van der Waals surface area contributed by atoms with Crippen LogP contribution in [0.3, 0.4) is 0 Å². The minimum atomic E-state index is -2.40. The Morgan fingerprint density at radius 2 is 1.21 bits per heavy atom. The van der Waals surface area contributed by atoms with Crippen LogP contribution in [-0.4, -0.2) is 47.9 Å². The zero-order valence-corrected chi connectivity index (χ0v) is 18.4. The summed E-state index contributed by atoms with van der Waals surface area (Å²) in [5, 5.41) is 0. The van der Waals surface area contributed by atoms with Crippen molar-refractivity contribution in [1.29, 1.82) is 0 Å². The lowest BCUT2D eigenvalue weighted by Gasteiger charge is -2.29. The number of hydrogen-bond donors (Lipinski definition) is 0. The van der Waals surface area contributed by atoms with Gasteiger partial charge in [0.2, 0.25) is 29.3 Å². The van der Waals surface area contributed by atoms with Crippen LogP contribution in [0, 0.1) is 0 Å². The lowest BCUT2D eigenvalue weighted by Crippen LogP contribution is -2.51. The third kappa shape index (κ3) is 5.83. The lowest BCUT2D eigenvalue weighted by molar-refractivity contribution is -0.172. The number of nitrogens with zero attached hydrogens (tertiary/aromatic N) is 2. The summed E-state index contributed by atoms with van der Waals surface area (Å²) in [5.74, 6) is -4.63. The second kappa shape index (κ2) is 11.9. The van der Waals surface area contributed by atoms with E-state index in [1.807, 2.05) is 0 Å². The molecular weight excluding hydrogens is 444 g/mol. The van der Waals surface area contributed by atoms with Gasteiger partial charge in [-0.3, -0.25) is 9.59 Å². The first-order valence-corrected chi connectivity index (χ1v) is 10.2. The molecule has 0 aromatic heterocycles. The molecule has 0 saturated heterocycles. The molecular formula is C24H20N2O8. The van der Waals surface area contributed by atoms with Crippen molar-refractivity contribution in [1.82, 2.24) is 0 Å². The number of carbonyl (C=O) groups excluding carboxylic acids is 6. The molecule has 0 fully saturated rings. The first-order valence-electron chi connectivity index (χ1n) is 10.2. The van der Waals surface area contributed by atoms with Crippen molar-refractivity contribution >= 4 is 47.0 Å². The fourth-order valence-electron chi connectivity index (χ4n) is 2.99. The van der Waals surface area contributed by atoms with Crippen LogP contribution in [0.5, 0.6) is 0 Å². The number of benzene rings is 2. The van der Waals surface area contributed by atoms with Gasteiger partial charge in [-0.15, -0.1) is 0 Å². The summed E-state index contributed by atoms with van der Waals surface area (Å²) in [6, 6.07) is 10.5. The number of ketones is 2. The second-order valence-electron chi connectivity index (χ2n) is 6.86. The maximum atomic E-state index is 13.5. The van der Waals surface area contributed by atoms with Crippen LogP contribution in [0.15, 0.2) is 58.5 Å². The third-order valence-corrected chi connectivity index (χ3v) is 4.71. The highest BCUT2D eigenvalue weighted by Crippen LogP contribution is 2.29. The molecule has 0 saturated carbocycles. The van der Waals surface area contributed by atoms with Crippen LogP contribution < -0.4 is 0 Å². The lowest BCUT2D eigenvalue weighted by atomic mass is 9.83. The van der Waals surface area contributed by atoms with E-state index in [1.54, 1.807) is 6.92 Å². The number of ether oxygens (including phenoxy) is 2. The molecule has 0 bridgehead atoms. The van der Waals surface area contributed by atoms with Crippen molar-refractivity contribution in [3.8, 4) is 0 Å². The van der Waals surface area contributed by atoms with Gasteiger partial charge >= 0.3 is 11.9 Å². The van der Waals surface area contributed by atoms with Crippen LogP contribution in [-0.2, 0) is 28.7 Å². The molecule has 0 radical (unpaired) electrons. The fourth-order valence-corrected chi connectivity index (χ4v) is 2.99. The molecule has 10 nitrogen and oxygen atoms in total. The van der Waals surface area contributed by atoms with Gasteiger partial charge in [-0.05, 0) is 61.4 Å². The number of Topliss-reactive ketones (excluding diaryl/α,β-unsaturated/α-hetero) is 2. The highest BCUT2D eigenvalue weighted by molar-refractivity contribution is 6.32. The van der Waals surface area contributed by atoms with Gasteiger partial charge in [-0.1, -0.05) is 13.8 Å². The molecule has 2 aromatic rings. The van der Waals surface area contributed by atoms with Crippen molar-refractivity contribution in [3.05, 3.63) is 59.7 Å². The van der Waals surface area contributed by atoms with Crippen molar-refractivity contribution in [3.63, 3.8) is 0 Å². The van der Waals surface area contributed by atoms with Crippen LogP contribution >= 0.6 is 0 Å². The summed E-state index contributed by atoms with van der Waals surface area (Å²) in [5.41, 5.74) is -2.03. The molecule has 0 atom stereocenters. The summed E-state index contributed by atoms with van der Waals surface area (Å²) in [7, 11) is 0. The summed E-state index contributed by atoms with van der Waals surface area (Å²) < 4.78 is 10.0. The minimum Gasteiger partial charge on any atom is -0.457 e. The standard InChI is InChI=1S/C24H20N2O8/c1-3-13-33-22(31)23(32)34-24(4-2,20(29)16-5-9-18(10-6-16)25-14-27)21(30)17-7-11-19(12-8-17)26-15-28/h5-12H,3-4,13H2,1-2H3. The predicted octanol–water partition coefficient (Wildman–Crippen LogP) is 3.33. The van der Waals surface area contributed by atoms with Crippen molar-refractivity contribution < 1.29 is 38.2 Å². The van der Waals surface area contributed by atoms with Gasteiger partial charge in [0.15, 0.2) is 0 Å². The minimum absolute atomic E-state index is 0.0306. The molecule has 34 heavy (non-hydrogen) atoms. The second-order valence-corrected chi connectivity index (χ2v) is 6.86. The molecule has 0 spiro atoms. The molecule has 2 rings (SSSR count). The third-order valence-electron chi connectivity index (χ3n) is 4.71. The first-order chi connectivity index (χ1) is 16.3. The maximum absolute atomic E-state index is 13.5. The molecule has 0 unspecified atom stereocenters. The highest BCUT2D eigenvalue weighted by Gasteiger charge is 2.50. The Kier molecular flexibility index (Phi) is 9.02. The summed E-state index contributed by atoms with van der Waals surface area (Å²) in [4.78, 5) is 79.2. The highest BCUT2D eigenvalue weighted by atomic mass is 16.6. The van der Waals surface area contributed by atoms with E-state index in [0.717, 1.165) is 0 Å². The van der Waals surface area contributed by atoms with E-state index in [0.29, 0.717) is 6.42 Å². The van der Waals surface area contributed by atoms with E-state index < -0.39 is 29.1 Å². The fraction of sp³-hybridized carbons (Fsp3) is 0.250. The van der Waals surface area contributed by atoms with Gasteiger partial charge in [-0.25, -0.2) is 19.2 Å². The number of hydrogen-bond acceptors (Lipinski definition) is 10. The topological polar surface area (TPSA) is 146 Å². The normalized spacial score (nSPS) is 11.7. The zero-order chi connectivity index (χ0) is 25.1. The average Bonchev–Trinajstić information content (AvgIpc) is 2.86.